The molecule has 12 heteroatoms. The monoisotopic (exact) mass is 471 g/mol. The van der Waals surface area contributed by atoms with Gasteiger partial charge >= 0.3 is 5.97 Å². The summed E-state index contributed by atoms with van der Waals surface area (Å²) in [4.78, 5) is 33.9. The van der Waals surface area contributed by atoms with E-state index in [1.54, 1.807) is 6.26 Å². The number of nitro groups is 1. The Morgan fingerprint density at radius 1 is 1.29 bits per heavy atom. The largest absolute Gasteiger partial charge is 0.455 e. The van der Waals surface area contributed by atoms with Gasteiger partial charge in [0.15, 0.2) is 6.61 Å². The van der Waals surface area contributed by atoms with Crippen LogP contribution in [0.25, 0.3) is 0 Å². The summed E-state index contributed by atoms with van der Waals surface area (Å²) in [6.07, 6.45) is 9.01. The molecule has 0 saturated carbocycles. The van der Waals surface area contributed by atoms with E-state index < -0.39 is 40.0 Å². The van der Waals surface area contributed by atoms with Crippen molar-refractivity contribution in [1.82, 2.24) is 10.0 Å². The van der Waals surface area contributed by atoms with Gasteiger partial charge in [0.05, 0.1) is 14.7 Å². The molecule has 0 unspecified atom stereocenters. The minimum absolute atomic E-state index is 0.314. The van der Waals surface area contributed by atoms with Gasteiger partial charge in [0, 0.05) is 12.6 Å². The van der Waals surface area contributed by atoms with Gasteiger partial charge < -0.3 is 10.1 Å². The number of allylic oxidation sites excluding steroid dienone is 1. The van der Waals surface area contributed by atoms with Crippen molar-refractivity contribution in [3.63, 3.8) is 0 Å². The van der Waals surface area contributed by atoms with E-state index in [1.165, 1.54) is 24.1 Å². The highest BCUT2D eigenvalue weighted by Gasteiger charge is 2.22. The summed E-state index contributed by atoms with van der Waals surface area (Å²) in [6, 6.07) is 3.46. The molecule has 0 spiro atoms. The third-order valence-electron chi connectivity index (χ3n) is 4.58. The van der Waals surface area contributed by atoms with Crippen LogP contribution in [0.15, 0.2) is 39.6 Å². The predicted octanol–water partition coefficient (Wildman–Crippen LogP) is 2.14. The molecule has 170 valence electrons. The number of benzene rings is 1. The average Bonchev–Trinajstić information content (AvgIpc) is 2.76. The highest BCUT2D eigenvalue weighted by molar-refractivity contribution is 7.98. The van der Waals surface area contributed by atoms with Gasteiger partial charge in [-0.05, 0) is 50.5 Å². The van der Waals surface area contributed by atoms with E-state index in [0.717, 1.165) is 43.5 Å². The van der Waals surface area contributed by atoms with E-state index >= 15 is 0 Å². The summed E-state index contributed by atoms with van der Waals surface area (Å²) in [7, 11) is -4.17. The van der Waals surface area contributed by atoms with E-state index in [4.69, 9.17) is 4.74 Å². The topological polar surface area (TPSA) is 145 Å². The standard InChI is InChI=1S/C19H25N3O7S2/c1-30-17-8-7-15(11-16(17)22(25)26)31(27,28)21-12-19(24)29-13-18(23)20-10-9-14-5-3-2-4-6-14/h5,7-8,11,21H,2-4,6,9-10,12-13H2,1H3,(H,20,23). The second-order valence-corrected chi connectivity index (χ2v) is 9.40. The minimum atomic E-state index is -4.17. The van der Waals surface area contributed by atoms with Crippen molar-refractivity contribution in [3.05, 3.63) is 40.0 Å². The molecule has 31 heavy (non-hydrogen) atoms. The maximum absolute atomic E-state index is 12.3. The molecule has 0 aliphatic heterocycles. The summed E-state index contributed by atoms with van der Waals surface area (Å²) in [5.41, 5.74) is 0.961. The Morgan fingerprint density at radius 2 is 2.06 bits per heavy atom. The number of sulfonamides is 1. The van der Waals surface area contributed by atoms with Crippen molar-refractivity contribution >= 4 is 39.3 Å². The number of amides is 1. The molecule has 1 aromatic carbocycles. The summed E-state index contributed by atoms with van der Waals surface area (Å²) in [6.45, 7) is -0.784. The molecule has 2 N–H and O–H groups in total. The van der Waals surface area contributed by atoms with Crippen molar-refractivity contribution in [2.75, 3.05) is 26.0 Å². The van der Waals surface area contributed by atoms with E-state index in [9.17, 15) is 28.1 Å². The number of rotatable bonds is 11. The molecule has 1 amide bonds. The van der Waals surface area contributed by atoms with Crippen LogP contribution < -0.4 is 10.0 Å². The zero-order chi connectivity index (χ0) is 22.9. The Hall–Kier alpha value is -2.44. The van der Waals surface area contributed by atoms with Gasteiger partial charge in [-0.3, -0.25) is 19.7 Å². The maximum Gasteiger partial charge on any atom is 0.321 e. The fourth-order valence-electron chi connectivity index (χ4n) is 2.96. The Balaban J connectivity index is 1.78. The Kier molecular flexibility index (Phi) is 9.46. The first-order chi connectivity index (χ1) is 14.7. The number of hydrogen-bond donors (Lipinski definition) is 2. The molecule has 0 saturated heterocycles. The van der Waals surface area contributed by atoms with E-state index in [2.05, 4.69) is 11.4 Å². The van der Waals surface area contributed by atoms with Gasteiger partial charge in [0.25, 0.3) is 11.6 Å². The average molecular weight is 472 g/mol. The molecule has 0 atom stereocenters. The fourth-order valence-corrected chi connectivity index (χ4v) is 4.49. The predicted molar refractivity (Wildman–Crippen MR) is 115 cm³/mol. The molecule has 0 aromatic heterocycles. The smallest absolute Gasteiger partial charge is 0.321 e. The number of carbonyl (C=O) groups excluding carboxylic acids is 2. The van der Waals surface area contributed by atoms with E-state index in [-0.39, 0.29) is 10.6 Å². The molecular weight excluding hydrogens is 446 g/mol. The van der Waals surface area contributed by atoms with Crippen LogP contribution in [0.1, 0.15) is 32.1 Å². The molecule has 1 aromatic rings. The molecule has 1 aliphatic carbocycles. The Bertz CT molecular complexity index is 961. The normalized spacial score (nSPS) is 13.9. The lowest BCUT2D eigenvalue weighted by Gasteiger charge is -2.13. The van der Waals surface area contributed by atoms with Crippen LogP contribution in [0, 0.1) is 10.1 Å². The Morgan fingerprint density at radius 3 is 2.71 bits per heavy atom. The van der Waals surface area contributed by atoms with E-state index in [1.807, 2.05) is 4.72 Å². The number of ether oxygens (including phenoxy) is 1. The summed E-state index contributed by atoms with van der Waals surface area (Å²) in [5, 5.41) is 13.8. The van der Waals surface area contributed by atoms with Gasteiger partial charge in [0.1, 0.15) is 6.54 Å². The number of thioether (sulfide) groups is 1. The fraction of sp³-hybridized carbons (Fsp3) is 0.474. The van der Waals surface area contributed by atoms with Crippen LogP contribution >= 0.6 is 11.8 Å². The van der Waals surface area contributed by atoms with Gasteiger partial charge in [-0.1, -0.05) is 11.6 Å². The SMILES string of the molecule is CSc1ccc(S(=O)(=O)NCC(=O)OCC(=O)NCCC2=CCCCC2)cc1[N+](=O)[O-]. The van der Waals surface area contributed by atoms with Gasteiger partial charge in [0.2, 0.25) is 10.0 Å². The molecule has 0 radical (unpaired) electrons. The van der Waals surface area contributed by atoms with Crippen molar-refractivity contribution in [1.29, 1.82) is 0 Å². The number of nitro benzene ring substituents is 1. The molecule has 0 heterocycles. The van der Waals surface area contributed by atoms with E-state index in [0.29, 0.717) is 11.4 Å². The first kappa shape index (κ1) is 24.8. The van der Waals surface area contributed by atoms with Crippen LogP contribution in [0.4, 0.5) is 5.69 Å². The van der Waals surface area contributed by atoms with Gasteiger partial charge in [-0.15, -0.1) is 11.8 Å². The second kappa shape index (κ2) is 11.8. The number of hydrogen-bond acceptors (Lipinski definition) is 8. The van der Waals surface area contributed by atoms with Gasteiger partial charge in [-0.25, -0.2) is 8.42 Å². The lowest BCUT2D eigenvalue weighted by Crippen LogP contribution is -2.34. The third-order valence-corrected chi connectivity index (χ3v) is 6.77. The van der Waals surface area contributed by atoms with Crippen LogP contribution in [-0.2, 0) is 24.3 Å². The zero-order valence-corrected chi connectivity index (χ0v) is 18.7. The number of nitrogens with one attached hydrogen (secondary N) is 2. The van der Waals surface area contributed by atoms with Crippen LogP contribution in [0.2, 0.25) is 0 Å². The van der Waals surface area contributed by atoms with Crippen LogP contribution in [-0.4, -0.2) is 51.2 Å². The highest BCUT2D eigenvalue weighted by atomic mass is 32.2. The van der Waals surface area contributed by atoms with Crippen LogP contribution in [0.5, 0.6) is 0 Å². The molecule has 10 nitrogen and oxygen atoms in total. The molecular formula is C19H25N3O7S2. The maximum atomic E-state index is 12.3. The van der Waals surface area contributed by atoms with Crippen molar-refractivity contribution in [2.24, 2.45) is 0 Å². The molecule has 0 bridgehead atoms. The number of esters is 1. The van der Waals surface area contributed by atoms with Crippen LogP contribution in [0.3, 0.4) is 0 Å². The highest BCUT2D eigenvalue weighted by Crippen LogP contribution is 2.29. The van der Waals surface area contributed by atoms with Gasteiger partial charge in [-0.2, -0.15) is 4.72 Å². The molecule has 1 aliphatic rings. The molecule has 2 rings (SSSR count). The summed E-state index contributed by atoms with van der Waals surface area (Å²) in [5.74, 6) is -1.42. The van der Waals surface area contributed by atoms with Crippen molar-refractivity contribution in [3.8, 4) is 0 Å². The minimum Gasteiger partial charge on any atom is -0.455 e. The molecule has 0 fully saturated rings. The third kappa shape index (κ3) is 7.96. The zero-order valence-electron chi connectivity index (χ0n) is 17.1. The number of carbonyl (C=O) groups is 2. The quantitative estimate of drug-likeness (QED) is 0.164. The summed E-state index contributed by atoms with van der Waals surface area (Å²) >= 11 is 1.11. The first-order valence-electron chi connectivity index (χ1n) is 9.65. The van der Waals surface area contributed by atoms with Crippen molar-refractivity contribution < 1.29 is 27.7 Å². The summed E-state index contributed by atoms with van der Waals surface area (Å²) < 4.78 is 31.4. The van der Waals surface area contributed by atoms with Crippen molar-refractivity contribution in [2.45, 2.75) is 41.9 Å². The Labute approximate surface area is 185 Å². The first-order valence-corrected chi connectivity index (χ1v) is 12.4. The lowest BCUT2D eigenvalue weighted by molar-refractivity contribution is -0.388. The second-order valence-electron chi connectivity index (χ2n) is 6.78. The number of nitrogens with zero attached hydrogens (tertiary/aromatic N) is 1. The lowest BCUT2D eigenvalue weighted by atomic mass is 9.97.